The average molecular weight is 456 g/mol. The van der Waals surface area contributed by atoms with E-state index in [9.17, 15) is 22.0 Å². The van der Waals surface area contributed by atoms with E-state index in [1.807, 2.05) is 0 Å². The predicted molar refractivity (Wildman–Crippen MR) is 108 cm³/mol. The number of rotatable bonds is 3. The first-order valence-corrected chi connectivity index (χ1v) is 10.9. The van der Waals surface area contributed by atoms with Crippen molar-refractivity contribution in [1.29, 1.82) is 0 Å². The Hall–Kier alpha value is -2.31. The quantitative estimate of drug-likeness (QED) is 0.322. The summed E-state index contributed by atoms with van der Waals surface area (Å²) < 4.78 is 97.0. The van der Waals surface area contributed by atoms with Crippen LogP contribution in [-0.4, -0.2) is 0 Å². The van der Waals surface area contributed by atoms with Crippen molar-refractivity contribution in [1.82, 2.24) is 0 Å². The van der Waals surface area contributed by atoms with Crippen molar-refractivity contribution in [2.45, 2.75) is 57.5 Å². The summed E-state index contributed by atoms with van der Waals surface area (Å²) in [6.45, 7) is 2.07. The molecule has 7 heteroatoms. The molecular formula is C25H23F7. The van der Waals surface area contributed by atoms with Gasteiger partial charge in [-0.3, -0.25) is 0 Å². The Labute approximate surface area is 182 Å². The lowest BCUT2D eigenvalue weighted by Crippen LogP contribution is -2.28. The van der Waals surface area contributed by atoms with Gasteiger partial charge in [-0.1, -0.05) is 19.1 Å². The van der Waals surface area contributed by atoms with Crippen LogP contribution in [0.2, 0.25) is 0 Å². The lowest BCUT2D eigenvalue weighted by Gasteiger charge is -2.40. The number of fused-ring (bicyclic) bond motifs is 3. The normalized spacial score (nSPS) is 23.3. The number of allylic oxidation sites excluding steroid dienone is 2. The van der Waals surface area contributed by atoms with Crippen LogP contribution in [0.4, 0.5) is 30.7 Å². The Kier molecular flexibility index (Phi) is 6.12. The number of hydrogen-bond acceptors (Lipinski definition) is 0. The van der Waals surface area contributed by atoms with Gasteiger partial charge in [-0.25, -0.2) is 17.6 Å². The number of halogens is 7. The highest BCUT2D eigenvalue weighted by Gasteiger charge is 2.39. The van der Waals surface area contributed by atoms with E-state index in [0.717, 1.165) is 25.7 Å². The SMILES string of the molecule is CC/C=C/[C@@H]1CC[C@@H]2c3cc(F)c(-c4cc(F)c(C(F)(F)F)c(F)c4)c(F)c3CC[C@@H]2C1. The van der Waals surface area contributed by atoms with Gasteiger partial charge in [-0.2, -0.15) is 13.2 Å². The first-order valence-electron chi connectivity index (χ1n) is 10.9. The maximum Gasteiger partial charge on any atom is 0.422 e. The Morgan fingerprint density at radius 1 is 0.938 bits per heavy atom. The highest BCUT2D eigenvalue weighted by molar-refractivity contribution is 5.68. The van der Waals surface area contributed by atoms with E-state index >= 15 is 8.78 Å². The zero-order valence-corrected chi connectivity index (χ0v) is 17.5. The van der Waals surface area contributed by atoms with Gasteiger partial charge < -0.3 is 0 Å². The summed E-state index contributed by atoms with van der Waals surface area (Å²) in [6.07, 6.45) is 3.77. The largest absolute Gasteiger partial charge is 0.422 e. The van der Waals surface area contributed by atoms with Gasteiger partial charge in [-0.05, 0) is 91.2 Å². The zero-order chi connectivity index (χ0) is 23.2. The standard InChI is InChI=1S/C25H23F7/c1-2-3-4-13-5-7-16-14(9-13)6-8-17-18(16)12-19(26)22(24(17)29)15-10-20(27)23(21(28)11-15)25(30,31)32/h3-4,10-14,16H,2,5-9H2,1H3/b4-3+/t13-,14-,16+/m1/s1. The van der Waals surface area contributed by atoms with Gasteiger partial charge in [0.1, 0.15) is 28.8 Å². The molecule has 1 fully saturated rings. The minimum Gasteiger partial charge on any atom is -0.206 e. The minimum atomic E-state index is -5.25. The van der Waals surface area contributed by atoms with Crippen LogP contribution in [0.25, 0.3) is 11.1 Å². The number of hydrogen-bond donors (Lipinski definition) is 0. The second kappa shape index (κ2) is 8.56. The van der Waals surface area contributed by atoms with Crippen LogP contribution < -0.4 is 0 Å². The average Bonchev–Trinajstić information content (AvgIpc) is 2.70. The summed E-state index contributed by atoms with van der Waals surface area (Å²) in [4.78, 5) is 0. The van der Waals surface area contributed by atoms with Gasteiger partial charge in [0.15, 0.2) is 0 Å². The molecular weight excluding hydrogens is 433 g/mol. The molecule has 0 saturated heterocycles. The first kappa shape index (κ1) is 22.9. The summed E-state index contributed by atoms with van der Waals surface area (Å²) in [6, 6.07) is 1.90. The summed E-state index contributed by atoms with van der Waals surface area (Å²) in [7, 11) is 0. The fraction of sp³-hybridized carbons (Fsp3) is 0.440. The molecule has 2 aliphatic rings. The van der Waals surface area contributed by atoms with Crippen LogP contribution in [0.5, 0.6) is 0 Å². The van der Waals surface area contributed by atoms with E-state index in [1.165, 1.54) is 6.07 Å². The van der Waals surface area contributed by atoms with E-state index in [-0.39, 0.29) is 5.92 Å². The van der Waals surface area contributed by atoms with E-state index in [2.05, 4.69) is 19.1 Å². The lowest BCUT2D eigenvalue weighted by molar-refractivity contribution is -0.142. The van der Waals surface area contributed by atoms with E-state index in [4.69, 9.17) is 0 Å². The van der Waals surface area contributed by atoms with E-state index < -0.39 is 46.1 Å². The maximum absolute atomic E-state index is 15.4. The van der Waals surface area contributed by atoms with Crippen LogP contribution in [0.1, 0.15) is 61.6 Å². The second-order valence-electron chi connectivity index (χ2n) is 8.74. The Morgan fingerprint density at radius 3 is 2.25 bits per heavy atom. The molecule has 3 atom stereocenters. The van der Waals surface area contributed by atoms with Gasteiger partial charge in [0.25, 0.3) is 0 Å². The third kappa shape index (κ3) is 4.06. The second-order valence-corrected chi connectivity index (χ2v) is 8.74. The fourth-order valence-corrected chi connectivity index (χ4v) is 5.38. The molecule has 0 aromatic heterocycles. The summed E-state index contributed by atoms with van der Waals surface area (Å²) in [5, 5.41) is 0. The van der Waals surface area contributed by atoms with Crippen molar-refractivity contribution < 1.29 is 30.7 Å². The monoisotopic (exact) mass is 456 g/mol. The molecule has 2 aromatic carbocycles. The zero-order valence-electron chi connectivity index (χ0n) is 17.5. The van der Waals surface area contributed by atoms with Crippen LogP contribution in [0.3, 0.4) is 0 Å². The third-order valence-electron chi connectivity index (χ3n) is 6.80. The fourth-order valence-electron chi connectivity index (χ4n) is 5.38. The third-order valence-corrected chi connectivity index (χ3v) is 6.80. The molecule has 0 N–H and O–H groups in total. The van der Waals surface area contributed by atoms with Gasteiger partial charge >= 0.3 is 6.18 Å². The Balaban J connectivity index is 1.72. The van der Waals surface area contributed by atoms with Gasteiger partial charge in [0, 0.05) is 0 Å². The molecule has 0 bridgehead atoms. The van der Waals surface area contributed by atoms with Gasteiger partial charge in [0.05, 0.1) is 5.56 Å². The smallest absolute Gasteiger partial charge is 0.206 e. The number of alkyl halides is 3. The topological polar surface area (TPSA) is 0 Å². The van der Waals surface area contributed by atoms with Crippen molar-refractivity contribution in [2.75, 3.05) is 0 Å². The molecule has 172 valence electrons. The van der Waals surface area contributed by atoms with Crippen molar-refractivity contribution in [3.8, 4) is 11.1 Å². The Morgan fingerprint density at radius 2 is 1.62 bits per heavy atom. The number of benzene rings is 2. The van der Waals surface area contributed by atoms with Crippen LogP contribution >= 0.6 is 0 Å². The van der Waals surface area contributed by atoms with Crippen LogP contribution in [-0.2, 0) is 12.6 Å². The summed E-state index contributed by atoms with van der Waals surface area (Å²) in [5.74, 6) is -5.01. The molecule has 1 saturated carbocycles. The highest BCUT2D eigenvalue weighted by atomic mass is 19.4. The van der Waals surface area contributed by atoms with Crippen LogP contribution in [0, 0.1) is 35.1 Å². The maximum atomic E-state index is 15.4. The van der Waals surface area contributed by atoms with Crippen molar-refractivity contribution >= 4 is 0 Å². The first-order chi connectivity index (χ1) is 15.1. The molecule has 0 aliphatic heterocycles. The molecule has 0 spiro atoms. The molecule has 0 heterocycles. The molecule has 0 amide bonds. The van der Waals surface area contributed by atoms with Crippen molar-refractivity contribution in [3.05, 3.63) is 70.3 Å². The van der Waals surface area contributed by atoms with E-state index in [0.29, 0.717) is 47.9 Å². The molecule has 0 radical (unpaired) electrons. The summed E-state index contributed by atoms with van der Waals surface area (Å²) >= 11 is 0. The minimum absolute atomic E-state index is 0.00385. The van der Waals surface area contributed by atoms with Gasteiger partial charge in [0.2, 0.25) is 0 Å². The van der Waals surface area contributed by atoms with E-state index in [1.54, 1.807) is 0 Å². The molecule has 2 aromatic rings. The molecule has 4 rings (SSSR count). The van der Waals surface area contributed by atoms with Gasteiger partial charge in [-0.15, -0.1) is 0 Å². The van der Waals surface area contributed by atoms with Crippen molar-refractivity contribution in [3.63, 3.8) is 0 Å². The Bertz CT molecular complexity index is 1030. The lowest BCUT2D eigenvalue weighted by atomic mass is 9.65. The molecule has 0 nitrogen and oxygen atoms in total. The van der Waals surface area contributed by atoms with Crippen molar-refractivity contribution in [2.24, 2.45) is 11.8 Å². The molecule has 32 heavy (non-hydrogen) atoms. The summed E-state index contributed by atoms with van der Waals surface area (Å²) in [5.41, 5.74) is -2.47. The predicted octanol–water partition coefficient (Wildman–Crippen LogP) is 8.34. The molecule has 0 unspecified atom stereocenters. The van der Waals surface area contributed by atoms with Crippen LogP contribution in [0.15, 0.2) is 30.4 Å². The molecule has 2 aliphatic carbocycles. The highest BCUT2D eigenvalue weighted by Crippen LogP contribution is 2.49.